The van der Waals surface area contributed by atoms with E-state index in [1.54, 1.807) is 12.3 Å². The number of aryl methyl sites for hydroxylation is 1. The van der Waals surface area contributed by atoms with Crippen molar-refractivity contribution < 1.29 is 4.79 Å². The Morgan fingerprint density at radius 1 is 1.57 bits per heavy atom. The topological polar surface area (TPSA) is 54.9 Å². The summed E-state index contributed by atoms with van der Waals surface area (Å²) in [7, 11) is 0. The molecule has 2 rings (SSSR count). The fraction of sp³-hybridized carbons (Fsp3) is 0.500. The highest BCUT2D eigenvalue weighted by Crippen LogP contribution is 2.26. The van der Waals surface area contributed by atoms with Gasteiger partial charge in [-0.3, -0.25) is 10.1 Å². The molecule has 1 aromatic rings. The summed E-state index contributed by atoms with van der Waals surface area (Å²) in [5, 5.41) is 2.72. The normalized spacial score (nSPS) is 16.1. The quantitative estimate of drug-likeness (QED) is 0.771. The number of anilines is 1. The van der Waals surface area contributed by atoms with Crippen LogP contribution in [0.4, 0.5) is 5.95 Å². The van der Waals surface area contributed by atoms with Gasteiger partial charge in [0.15, 0.2) is 0 Å². The summed E-state index contributed by atoms with van der Waals surface area (Å²) < 4.78 is 0. The van der Waals surface area contributed by atoms with Crippen LogP contribution in [0.25, 0.3) is 0 Å². The van der Waals surface area contributed by atoms with Crippen LogP contribution < -0.4 is 5.32 Å². The highest BCUT2D eigenvalue weighted by Gasteiger charge is 2.25. The lowest BCUT2D eigenvalue weighted by atomic mass is 9.85. The van der Waals surface area contributed by atoms with Crippen LogP contribution >= 0.6 is 0 Å². The summed E-state index contributed by atoms with van der Waals surface area (Å²) in [5.74, 6) is 0.655. The first-order valence-electron chi connectivity index (χ1n) is 4.86. The van der Waals surface area contributed by atoms with Gasteiger partial charge in [0.05, 0.1) is 0 Å². The fourth-order valence-corrected chi connectivity index (χ4v) is 1.39. The van der Waals surface area contributed by atoms with E-state index in [4.69, 9.17) is 0 Å². The Hall–Kier alpha value is -1.45. The van der Waals surface area contributed by atoms with Crippen LogP contribution in [0.15, 0.2) is 12.3 Å². The monoisotopic (exact) mass is 191 g/mol. The molecule has 1 amide bonds. The molecule has 0 radical (unpaired) electrons. The number of carbonyl (C=O) groups is 1. The molecule has 1 aromatic heterocycles. The van der Waals surface area contributed by atoms with E-state index in [-0.39, 0.29) is 11.8 Å². The maximum atomic E-state index is 11.5. The van der Waals surface area contributed by atoms with Gasteiger partial charge in [-0.25, -0.2) is 9.97 Å². The molecule has 1 saturated carbocycles. The maximum absolute atomic E-state index is 11.5. The molecule has 0 saturated heterocycles. The number of nitrogens with zero attached hydrogens (tertiary/aromatic N) is 2. The zero-order valence-corrected chi connectivity index (χ0v) is 8.16. The van der Waals surface area contributed by atoms with Gasteiger partial charge in [0.1, 0.15) is 0 Å². The molecule has 1 fully saturated rings. The third-order valence-corrected chi connectivity index (χ3v) is 2.51. The van der Waals surface area contributed by atoms with E-state index < -0.39 is 0 Å². The number of carbonyl (C=O) groups excluding carboxylic acids is 1. The summed E-state index contributed by atoms with van der Waals surface area (Å²) in [5.41, 5.74) is 0.865. The van der Waals surface area contributed by atoms with Crippen molar-refractivity contribution in [3.8, 4) is 0 Å². The third-order valence-electron chi connectivity index (χ3n) is 2.51. The predicted molar refractivity (Wildman–Crippen MR) is 52.7 cm³/mol. The van der Waals surface area contributed by atoms with Crippen molar-refractivity contribution in [3.05, 3.63) is 18.0 Å². The molecule has 4 heteroatoms. The molecular weight excluding hydrogens is 178 g/mol. The van der Waals surface area contributed by atoms with Gasteiger partial charge in [-0.1, -0.05) is 6.42 Å². The lowest BCUT2D eigenvalue weighted by Crippen LogP contribution is -2.28. The van der Waals surface area contributed by atoms with Crippen LogP contribution in [0.3, 0.4) is 0 Å². The highest BCUT2D eigenvalue weighted by molar-refractivity contribution is 5.91. The zero-order valence-electron chi connectivity index (χ0n) is 8.16. The maximum Gasteiger partial charge on any atom is 0.229 e. The van der Waals surface area contributed by atoms with Gasteiger partial charge in [-0.2, -0.15) is 0 Å². The standard InChI is InChI=1S/C10H13N3O/c1-7-5-6-11-10(12-7)13-9(14)8-3-2-4-8/h5-6,8H,2-4H2,1H3,(H,11,12,13,14). The molecular formula is C10H13N3O. The first-order chi connectivity index (χ1) is 6.75. The Morgan fingerprint density at radius 3 is 2.93 bits per heavy atom. The molecule has 4 nitrogen and oxygen atoms in total. The van der Waals surface area contributed by atoms with E-state index in [9.17, 15) is 4.79 Å². The second kappa shape index (κ2) is 3.74. The zero-order chi connectivity index (χ0) is 9.97. The van der Waals surface area contributed by atoms with Crippen molar-refractivity contribution in [2.75, 3.05) is 5.32 Å². The molecule has 1 aliphatic rings. The molecule has 1 aliphatic carbocycles. The molecule has 1 N–H and O–H groups in total. The number of rotatable bonds is 2. The molecule has 0 bridgehead atoms. The highest BCUT2D eigenvalue weighted by atomic mass is 16.2. The minimum atomic E-state index is 0.0573. The van der Waals surface area contributed by atoms with E-state index in [0.717, 1.165) is 25.0 Å². The van der Waals surface area contributed by atoms with Gasteiger partial charge in [-0.05, 0) is 25.8 Å². The van der Waals surface area contributed by atoms with Crippen molar-refractivity contribution in [1.29, 1.82) is 0 Å². The summed E-state index contributed by atoms with van der Waals surface area (Å²) in [6.07, 6.45) is 4.81. The smallest absolute Gasteiger partial charge is 0.229 e. The minimum Gasteiger partial charge on any atom is -0.294 e. The lowest BCUT2D eigenvalue weighted by molar-refractivity contribution is -0.122. The fourth-order valence-electron chi connectivity index (χ4n) is 1.39. The largest absolute Gasteiger partial charge is 0.294 e. The summed E-state index contributed by atoms with van der Waals surface area (Å²) in [4.78, 5) is 19.6. The molecule has 14 heavy (non-hydrogen) atoms. The first-order valence-corrected chi connectivity index (χ1v) is 4.86. The lowest BCUT2D eigenvalue weighted by Gasteiger charge is -2.23. The van der Waals surface area contributed by atoms with Crippen LogP contribution in [-0.2, 0) is 4.79 Å². The number of nitrogens with one attached hydrogen (secondary N) is 1. The van der Waals surface area contributed by atoms with Crippen molar-refractivity contribution in [3.63, 3.8) is 0 Å². The van der Waals surface area contributed by atoms with E-state index in [2.05, 4.69) is 15.3 Å². The molecule has 0 atom stereocenters. The van der Waals surface area contributed by atoms with Gasteiger partial charge in [0, 0.05) is 17.8 Å². The molecule has 1 heterocycles. The number of hydrogen-bond donors (Lipinski definition) is 1. The Labute approximate surface area is 82.8 Å². The average molecular weight is 191 g/mol. The van der Waals surface area contributed by atoms with Crippen molar-refractivity contribution in [2.24, 2.45) is 5.92 Å². The van der Waals surface area contributed by atoms with Crippen molar-refractivity contribution in [2.45, 2.75) is 26.2 Å². The van der Waals surface area contributed by atoms with Gasteiger partial charge in [0.25, 0.3) is 0 Å². The van der Waals surface area contributed by atoms with Gasteiger partial charge in [0.2, 0.25) is 11.9 Å². The van der Waals surface area contributed by atoms with E-state index in [1.807, 2.05) is 6.92 Å². The number of amides is 1. The Kier molecular flexibility index (Phi) is 2.43. The van der Waals surface area contributed by atoms with Crippen LogP contribution in [0, 0.1) is 12.8 Å². The van der Waals surface area contributed by atoms with Crippen molar-refractivity contribution >= 4 is 11.9 Å². The van der Waals surface area contributed by atoms with Crippen LogP contribution in [0.1, 0.15) is 25.0 Å². The summed E-state index contributed by atoms with van der Waals surface area (Å²) in [6, 6.07) is 1.80. The summed E-state index contributed by atoms with van der Waals surface area (Å²) in [6.45, 7) is 1.88. The number of aromatic nitrogens is 2. The number of hydrogen-bond acceptors (Lipinski definition) is 3. The van der Waals surface area contributed by atoms with Crippen LogP contribution in [-0.4, -0.2) is 15.9 Å². The van der Waals surface area contributed by atoms with Crippen LogP contribution in [0.2, 0.25) is 0 Å². The van der Waals surface area contributed by atoms with Gasteiger partial charge in [-0.15, -0.1) is 0 Å². The van der Waals surface area contributed by atoms with E-state index >= 15 is 0 Å². The Morgan fingerprint density at radius 2 is 2.36 bits per heavy atom. The molecule has 0 spiro atoms. The minimum absolute atomic E-state index is 0.0573. The summed E-state index contributed by atoms with van der Waals surface area (Å²) >= 11 is 0. The van der Waals surface area contributed by atoms with E-state index in [0.29, 0.717) is 5.95 Å². The van der Waals surface area contributed by atoms with Crippen molar-refractivity contribution in [1.82, 2.24) is 9.97 Å². The first kappa shape index (κ1) is 9.12. The van der Waals surface area contributed by atoms with Gasteiger partial charge < -0.3 is 0 Å². The second-order valence-corrected chi connectivity index (χ2v) is 3.64. The third kappa shape index (κ3) is 1.89. The Bertz CT molecular complexity index is 347. The van der Waals surface area contributed by atoms with Crippen LogP contribution in [0.5, 0.6) is 0 Å². The van der Waals surface area contributed by atoms with E-state index in [1.165, 1.54) is 0 Å². The SMILES string of the molecule is Cc1ccnc(NC(=O)C2CCC2)n1. The molecule has 74 valence electrons. The predicted octanol–water partition coefficient (Wildman–Crippen LogP) is 1.52. The molecule has 0 aliphatic heterocycles. The molecule has 0 unspecified atom stereocenters. The average Bonchev–Trinajstić information content (AvgIpc) is 1.99. The second-order valence-electron chi connectivity index (χ2n) is 3.64. The van der Waals surface area contributed by atoms with Gasteiger partial charge >= 0.3 is 0 Å². The Balaban J connectivity index is 1.99. The molecule has 0 aromatic carbocycles.